The minimum Gasteiger partial charge on any atom is -0.508 e. The number of hydrogen-bond donors (Lipinski definition) is 21. The third-order valence-corrected chi connectivity index (χ3v) is 23.0. The number of ether oxygens (including phenoxy) is 7. The predicted molar refractivity (Wildman–Crippen MR) is 467 cm³/mol. The standard InChI is InChI=1S/C88H100Cl2N10O28/c1-38(2)13-10-8-6-7-9-11-14-61(106)94-70-73(109)75(111)78(86(120)121)128-87(70)127-77-58-31-43-32-59(77)124-55-23-19-42(29-50(55)89)71(107)69-85(119)98-67(80(114)92-25-12-26-100(4)5)48-33-44(102)34-57(125-88-76(112)74(110)72(108)60(37-101)126-88)62(48)47-28-40(17-22-52(47)103)65(82(116)99-69)95-83(117)66(43)96-84(118)68-49-35-46(36-54(105)63(49)90)123-56-24-18-41(30-53(56)104)64(91-3)81(115)93-51(79(113)97-68)27-39-15-20-45(122-58)21-16-39/h15-24,28-36,38,51,60,64-76,78,87-88,91,101-105,107-112H,6-14,25-27,37H2,1-5H3,(H,92,114)(H,93,115)(H,94,106)(H,95,117)(H,96,118)(H,97,113)(H,98,119)(H,99,116)(H,120,121)/t51-,60-,64-,65-,66-,67+,68+,69+,70-,71-,72-,73-,74+,75+,76+,78+,87-,88+/m1/s1. The van der Waals surface area contributed by atoms with Crippen LogP contribution in [-0.2, 0) is 20.7 Å². The van der Waals surface area contributed by atoms with Crippen LogP contribution in [0.25, 0.3) is 11.1 Å². The van der Waals surface area contributed by atoms with E-state index < -0.39 is 259 Å². The molecule has 0 radical (unpaired) electrons. The number of aromatic hydroxyl groups is 4. The minimum atomic E-state index is -2.43. The molecule has 0 spiro atoms. The number of hydrogen-bond acceptors (Lipinski definition) is 29. The fourth-order valence-corrected chi connectivity index (χ4v) is 15.9. The third-order valence-electron chi connectivity index (χ3n) is 22.3. The maximum absolute atomic E-state index is 13.7. The number of aliphatic carboxylic acids is 1. The number of carboxylic acids is 1. The van der Waals surface area contributed by atoms with E-state index in [2.05, 4.69) is 54.1 Å². The normalized spacial score (nSPS) is 26.2. The number of phenols is 4. The van der Waals surface area contributed by atoms with Crippen LogP contribution in [0.2, 0.25) is 10.0 Å². The zero-order valence-corrected chi connectivity index (χ0v) is 71.1. The number of aliphatic hydroxyl groups excluding tert-OH is 15. The van der Waals surface area contributed by atoms with Crippen molar-refractivity contribution in [3.05, 3.63) is 164 Å². The van der Waals surface area contributed by atoms with Gasteiger partial charge in [0.1, 0.15) is 101 Å². The van der Waals surface area contributed by atoms with Gasteiger partial charge in [-0.1, -0.05) is 106 Å². The molecule has 0 amide bonds. The van der Waals surface area contributed by atoms with E-state index in [9.17, 15) is 107 Å². The van der Waals surface area contributed by atoms with Gasteiger partial charge in [-0.05, 0) is 147 Å². The number of phenolic OH excluding ortho intramolecular Hbond substituents is 4. The summed E-state index contributed by atoms with van der Waals surface area (Å²) in [5.74, 6) is -16.0. The van der Waals surface area contributed by atoms with Gasteiger partial charge in [-0.2, -0.15) is 0 Å². The molecule has 0 saturated carbocycles. The zero-order chi connectivity index (χ0) is 92.0. The Kier molecular flexibility index (Phi) is 29.7. The van der Waals surface area contributed by atoms with Crippen LogP contribution in [0, 0.1) is 5.92 Å². The average molecular weight is 1820 g/mol. The van der Waals surface area contributed by atoms with Crippen molar-refractivity contribution in [1.29, 1.82) is 0 Å². The van der Waals surface area contributed by atoms with E-state index in [0.717, 1.165) is 98.8 Å². The molecule has 16 rings (SSSR count). The van der Waals surface area contributed by atoms with Crippen molar-refractivity contribution in [2.75, 3.05) is 40.8 Å². The molecule has 0 unspecified atom stereocenters. The Labute approximate surface area is 741 Å². The average Bonchev–Trinajstić information content (AvgIpc) is 0.852. The number of likely N-dealkylation sites (N-methyl/N-ethyl adjacent to an activating group) is 1. The molecule has 9 aliphatic heterocycles. The summed E-state index contributed by atoms with van der Waals surface area (Å²) >= 11 is 14.4. The fourth-order valence-electron chi connectivity index (χ4n) is 15.5. The highest BCUT2D eigenvalue weighted by molar-refractivity contribution is 6.33. The third kappa shape index (κ3) is 21.1. The Hall–Kier alpha value is -11.9. The van der Waals surface area contributed by atoms with E-state index in [1.165, 1.54) is 55.6 Å². The van der Waals surface area contributed by atoms with Gasteiger partial charge in [-0.15, -0.1) is 0 Å². The summed E-state index contributed by atoms with van der Waals surface area (Å²) in [6, 6.07) is 6.42. The molecule has 0 aromatic heterocycles. The number of halogens is 2. The highest BCUT2D eigenvalue weighted by atomic mass is 35.5. The molecule has 9 aliphatic rings. The lowest BCUT2D eigenvalue weighted by Gasteiger charge is -2.40. The molecule has 7 aromatic rings. The predicted octanol–water partition coefficient (Wildman–Crippen LogP) is 10.9. The molecular weight excluding hydrogens is 1720 g/mol. The Bertz CT molecular complexity index is 5480. The number of nitrogens with one attached hydrogen (secondary N) is 1. The summed E-state index contributed by atoms with van der Waals surface area (Å²) in [5, 5.41) is 243. The van der Waals surface area contributed by atoms with Crippen molar-refractivity contribution >= 4 is 76.4 Å². The molecule has 40 heteroatoms. The number of carbonyl (C=O) groups is 1. The first-order chi connectivity index (χ1) is 61.1. The Morgan fingerprint density at radius 2 is 1.22 bits per heavy atom. The van der Waals surface area contributed by atoms with Gasteiger partial charge in [0.05, 0.1) is 16.7 Å². The number of nitrogens with zero attached hydrogens (tertiary/aromatic N) is 9. The smallest absolute Gasteiger partial charge is 0.335 e. The second kappa shape index (κ2) is 40.6. The van der Waals surface area contributed by atoms with E-state index in [4.69, 9.17) is 61.4 Å². The zero-order valence-electron chi connectivity index (χ0n) is 69.6. The molecule has 0 aliphatic carbocycles. The van der Waals surface area contributed by atoms with Gasteiger partial charge >= 0.3 is 5.97 Å². The van der Waals surface area contributed by atoms with Gasteiger partial charge in [0.15, 0.2) is 65.2 Å². The van der Waals surface area contributed by atoms with E-state index in [0.29, 0.717) is 30.9 Å². The molecule has 38 nitrogen and oxygen atoms in total. The Balaban J connectivity index is 1.10. The number of benzene rings is 7. The maximum atomic E-state index is 13.7. The molecule has 2 saturated heterocycles. The molecule has 18 atom stereocenters. The van der Waals surface area contributed by atoms with Crippen molar-refractivity contribution < 1.29 is 140 Å². The summed E-state index contributed by atoms with van der Waals surface area (Å²) < 4.78 is 44.6. The lowest BCUT2D eigenvalue weighted by molar-refractivity contribution is -0.277. The molecule has 21 N–H and O–H groups in total. The lowest BCUT2D eigenvalue weighted by Crippen LogP contribution is -2.60. The fraction of sp³-hybridized carbons (Fsp3) is 0.420. The highest BCUT2D eigenvalue weighted by Gasteiger charge is 2.51. The first-order valence-corrected chi connectivity index (χ1v) is 41.9. The topological polar surface area (TPSA) is 600 Å². The van der Waals surface area contributed by atoms with Crippen LogP contribution in [0.4, 0.5) is 0 Å². The largest absolute Gasteiger partial charge is 0.508 e. The van der Waals surface area contributed by atoms with Gasteiger partial charge in [0, 0.05) is 53.8 Å². The van der Waals surface area contributed by atoms with Crippen LogP contribution in [0.3, 0.4) is 0 Å². The molecular formula is C88H100Cl2N10O28. The number of aliphatic imine (C=N–C) groups is 8. The summed E-state index contributed by atoms with van der Waals surface area (Å²) in [5.41, 5.74) is -2.38. The van der Waals surface area contributed by atoms with E-state index >= 15 is 0 Å². The summed E-state index contributed by atoms with van der Waals surface area (Å²) in [4.78, 5) is 51.3. The molecule has 9 heterocycles. The summed E-state index contributed by atoms with van der Waals surface area (Å²) in [6.45, 7) is 3.59. The van der Waals surface area contributed by atoms with Crippen LogP contribution in [-0.4, -0.2) is 274 Å². The van der Waals surface area contributed by atoms with Gasteiger partial charge in [-0.25, -0.2) is 39.7 Å². The number of unbranched alkanes of at least 4 members (excludes halogenated alkanes) is 5. The Morgan fingerprint density at radius 1 is 0.562 bits per heavy atom. The monoisotopic (exact) mass is 1810 g/mol. The lowest BCUT2D eigenvalue weighted by atomic mass is 9.90. The maximum Gasteiger partial charge on any atom is 0.335 e. The van der Waals surface area contributed by atoms with Crippen molar-refractivity contribution in [1.82, 2.24) is 10.2 Å². The van der Waals surface area contributed by atoms with Crippen LogP contribution >= 0.6 is 23.2 Å². The van der Waals surface area contributed by atoms with Crippen LogP contribution < -0.4 is 29.0 Å². The Morgan fingerprint density at radius 3 is 1.91 bits per heavy atom. The minimum absolute atomic E-state index is 0.0791. The first kappa shape index (κ1) is 93.7. The van der Waals surface area contributed by atoms with Gasteiger partial charge in [-0.3, -0.25) is 4.99 Å². The number of carboxylic acid groups (broad SMARTS) is 1. The quantitative estimate of drug-likeness (QED) is 0.0170. The van der Waals surface area contributed by atoms with E-state index in [1.54, 1.807) is 14.1 Å². The van der Waals surface area contributed by atoms with Crippen molar-refractivity contribution in [2.24, 2.45) is 45.9 Å². The summed E-state index contributed by atoms with van der Waals surface area (Å²) in [7, 11) is 5.00. The summed E-state index contributed by atoms with van der Waals surface area (Å²) in [6.07, 6.45) is -15.4. The highest BCUT2D eigenvalue weighted by Crippen LogP contribution is 2.52. The van der Waals surface area contributed by atoms with Crippen LogP contribution in [0.5, 0.6) is 69.0 Å². The first-order valence-electron chi connectivity index (χ1n) is 41.2. The molecule has 17 bridgehead atoms. The molecule has 2 fully saturated rings. The van der Waals surface area contributed by atoms with E-state index in [-0.39, 0.29) is 59.7 Å². The van der Waals surface area contributed by atoms with Crippen molar-refractivity contribution in [3.8, 4) is 80.1 Å². The van der Waals surface area contributed by atoms with Crippen LogP contribution in [0.15, 0.2) is 155 Å². The molecule has 128 heavy (non-hydrogen) atoms. The molecule has 684 valence electrons. The number of rotatable bonds is 22. The van der Waals surface area contributed by atoms with Crippen molar-refractivity contribution in [2.45, 2.75) is 188 Å². The van der Waals surface area contributed by atoms with Gasteiger partial charge in [0.2, 0.25) is 59.6 Å². The van der Waals surface area contributed by atoms with Gasteiger partial charge < -0.3 is 146 Å². The second-order valence-electron chi connectivity index (χ2n) is 32.3. The molecule has 7 aromatic carbocycles. The number of fused-ring (bicyclic) bond motifs is 11. The number of aliphatic hydroxyl groups is 15. The van der Waals surface area contributed by atoms with Crippen molar-refractivity contribution in [3.63, 3.8) is 0 Å². The SMILES string of the molecule is CN[C@H]1C(O)=N[C@@H]2Cc3ccc(cc3)Oc3cc4cc(c3O[C@@H]3O[C@H](C(=O)O)[C@@H](O)[C@H](O)[C@H]3N=C(O)CCCCCCCCC(C)C)Oc3ccc(cc3Cl)[C@@H](O)[C@@H]3N=C(O)[C@H](N=C(O)[C@@H]4N=C(O)[C@@H](N=C2O)c2cc(cc(O)c2Cl)Oc2ccc1cc2O)c1ccc(O)c(c1)-c1c(O[C@H]2O[C@H](CO)[C@@H](O)[C@H](O)[C@@H]2O)cc(O)cc1[C@@H](C(O)=NCCCN(C)C)N=C3O. The van der Waals surface area contributed by atoms with E-state index in [1.807, 2.05) is 4.90 Å². The van der Waals surface area contributed by atoms with Gasteiger partial charge in [0.25, 0.3) is 0 Å². The van der Waals surface area contributed by atoms with Crippen LogP contribution in [0.1, 0.15) is 147 Å². The second-order valence-corrected chi connectivity index (χ2v) is 33.1.